The summed E-state index contributed by atoms with van der Waals surface area (Å²) >= 11 is 0. The molecule has 2 unspecified atom stereocenters. The number of ether oxygens (including phenoxy) is 1. The molecule has 1 aromatic rings. The van der Waals surface area contributed by atoms with E-state index in [0.29, 0.717) is 12.0 Å². The molecular formula is C14H22N2O. The molecular weight excluding hydrogens is 212 g/mol. The van der Waals surface area contributed by atoms with Crippen molar-refractivity contribution in [3.63, 3.8) is 0 Å². The molecule has 1 saturated carbocycles. The van der Waals surface area contributed by atoms with Gasteiger partial charge in [-0.15, -0.1) is 0 Å². The van der Waals surface area contributed by atoms with Crippen LogP contribution < -0.4 is 10.5 Å². The third kappa shape index (κ3) is 3.19. The van der Waals surface area contributed by atoms with Gasteiger partial charge in [0.25, 0.3) is 0 Å². The number of nitrogens with two attached hydrogens (primary N) is 1. The highest BCUT2D eigenvalue weighted by Crippen LogP contribution is 2.27. The average Bonchev–Trinajstić information content (AvgIpc) is 2.32. The van der Waals surface area contributed by atoms with Crippen LogP contribution in [-0.4, -0.2) is 11.1 Å². The third-order valence-electron chi connectivity index (χ3n) is 3.59. The van der Waals surface area contributed by atoms with E-state index >= 15 is 0 Å². The number of nitrogens with zero attached hydrogens (tertiary/aromatic N) is 1. The molecule has 94 valence electrons. The molecule has 3 nitrogen and oxygen atoms in total. The maximum absolute atomic E-state index is 5.99. The van der Waals surface area contributed by atoms with Gasteiger partial charge in [0.1, 0.15) is 6.10 Å². The fourth-order valence-corrected chi connectivity index (χ4v) is 2.38. The van der Waals surface area contributed by atoms with E-state index in [1.54, 1.807) is 6.20 Å². The Balaban J connectivity index is 2.04. The van der Waals surface area contributed by atoms with Gasteiger partial charge in [0.05, 0.1) is 0 Å². The standard InChI is InChI=1S/C14H22N2O/c1-10-5-3-4-6-13(10)17-14-9-12(11(2)15)7-8-16-14/h7-11,13H,3-6,15H2,1-2H3/t10?,11-,13?/m0/s1. The lowest BCUT2D eigenvalue weighted by Crippen LogP contribution is -2.28. The van der Waals surface area contributed by atoms with Crippen LogP contribution in [0.25, 0.3) is 0 Å². The molecule has 1 aliphatic rings. The van der Waals surface area contributed by atoms with Crippen LogP contribution in [0.2, 0.25) is 0 Å². The lowest BCUT2D eigenvalue weighted by atomic mass is 9.88. The molecule has 0 amide bonds. The predicted octanol–water partition coefficient (Wildman–Crippen LogP) is 3.06. The summed E-state index contributed by atoms with van der Waals surface area (Å²) in [6.45, 7) is 4.24. The van der Waals surface area contributed by atoms with E-state index in [1.807, 2.05) is 19.1 Å². The van der Waals surface area contributed by atoms with Gasteiger partial charge in [0.15, 0.2) is 0 Å². The predicted molar refractivity (Wildman–Crippen MR) is 68.9 cm³/mol. The SMILES string of the molecule is CC1CCCCC1Oc1cc([C@H](C)N)ccn1. The highest BCUT2D eigenvalue weighted by molar-refractivity contribution is 5.23. The zero-order chi connectivity index (χ0) is 12.3. The molecule has 1 aromatic heterocycles. The number of pyridine rings is 1. The summed E-state index contributed by atoms with van der Waals surface area (Å²) in [7, 11) is 0. The third-order valence-corrected chi connectivity index (χ3v) is 3.59. The zero-order valence-electron chi connectivity index (χ0n) is 10.7. The van der Waals surface area contributed by atoms with E-state index in [1.165, 1.54) is 19.3 Å². The van der Waals surface area contributed by atoms with Gasteiger partial charge in [0.2, 0.25) is 5.88 Å². The van der Waals surface area contributed by atoms with Crippen LogP contribution >= 0.6 is 0 Å². The van der Waals surface area contributed by atoms with E-state index in [2.05, 4.69) is 11.9 Å². The second-order valence-electron chi connectivity index (χ2n) is 5.13. The minimum Gasteiger partial charge on any atom is -0.474 e. The van der Waals surface area contributed by atoms with Gasteiger partial charge in [-0.3, -0.25) is 0 Å². The Kier molecular flexibility index (Phi) is 4.00. The van der Waals surface area contributed by atoms with E-state index in [9.17, 15) is 0 Å². The zero-order valence-corrected chi connectivity index (χ0v) is 10.7. The Labute approximate surface area is 103 Å². The van der Waals surface area contributed by atoms with Crippen LogP contribution in [0.15, 0.2) is 18.3 Å². The van der Waals surface area contributed by atoms with Crippen molar-refractivity contribution in [1.82, 2.24) is 4.98 Å². The number of rotatable bonds is 3. The topological polar surface area (TPSA) is 48.1 Å². The fraction of sp³-hybridized carbons (Fsp3) is 0.643. The summed E-state index contributed by atoms with van der Waals surface area (Å²) < 4.78 is 5.99. The van der Waals surface area contributed by atoms with E-state index in [-0.39, 0.29) is 6.04 Å². The van der Waals surface area contributed by atoms with Crippen LogP contribution in [0.3, 0.4) is 0 Å². The lowest BCUT2D eigenvalue weighted by molar-refractivity contribution is 0.0975. The quantitative estimate of drug-likeness (QED) is 0.874. The maximum Gasteiger partial charge on any atom is 0.213 e. The van der Waals surface area contributed by atoms with Gasteiger partial charge in [-0.25, -0.2) is 4.98 Å². The minimum atomic E-state index is 0.0316. The largest absolute Gasteiger partial charge is 0.474 e. The first-order valence-corrected chi connectivity index (χ1v) is 6.55. The van der Waals surface area contributed by atoms with Crippen molar-refractivity contribution in [2.45, 2.75) is 51.7 Å². The summed E-state index contributed by atoms with van der Waals surface area (Å²) in [6.07, 6.45) is 7.10. The molecule has 0 saturated heterocycles. The molecule has 1 fully saturated rings. The Hall–Kier alpha value is -1.09. The molecule has 0 radical (unpaired) electrons. The van der Waals surface area contributed by atoms with Crippen LogP contribution in [0.5, 0.6) is 5.88 Å². The highest BCUT2D eigenvalue weighted by atomic mass is 16.5. The average molecular weight is 234 g/mol. The Morgan fingerprint density at radius 3 is 2.88 bits per heavy atom. The monoisotopic (exact) mass is 234 g/mol. The normalized spacial score (nSPS) is 26.5. The molecule has 0 aliphatic heterocycles. The number of hydrogen-bond acceptors (Lipinski definition) is 3. The van der Waals surface area contributed by atoms with Gasteiger partial charge >= 0.3 is 0 Å². The van der Waals surface area contributed by atoms with Crippen LogP contribution in [0, 0.1) is 5.92 Å². The van der Waals surface area contributed by atoms with Crippen molar-refractivity contribution in [3.05, 3.63) is 23.9 Å². The Morgan fingerprint density at radius 1 is 1.41 bits per heavy atom. The van der Waals surface area contributed by atoms with Gasteiger partial charge in [-0.2, -0.15) is 0 Å². The van der Waals surface area contributed by atoms with Gasteiger partial charge in [0, 0.05) is 18.3 Å². The summed E-state index contributed by atoms with van der Waals surface area (Å²) in [5.41, 5.74) is 6.94. The first kappa shape index (κ1) is 12.4. The Morgan fingerprint density at radius 2 is 2.18 bits per heavy atom. The molecule has 1 heterocycles. The minimum absolute atomic E-state index is 0.0316. The van der Waals surface area contributed by atoms with Crippen LogP contribution in [0.4, 0.5) is 0 Å². The van der Waals surface area contributed by atoms with Crippen molar-refractivity contribution in [2.75, 3.05) is 0 Å². The van der Waals surface area contributed by atoms with Crippen LogP contribution in [0.1, 0.15) is 51.1 Å². The van der Waals surface area contributed by atoms with Crippen molar-refractivity contribution in [3.8, 4) is 5.88 Å². The second kappa shape index (κ2) is 5.50. The number of aromatic nitrogens is 1. The van der Waals surface area contributed by atoms with Crippen molar-refractivity contribution < 1.29 is 4.74 Å². The van der Waals surface area contributed by atoms with Gasteiger partial charge in [-0.1, -0.05) is 13.3 Å². The smallest absolute Gasteiger partial charge is 0.213 e. The molecule has 0 bridgehead atoms. The highest BCUT2D eigenvalue weighted by Gasteiger charge is 2.23. The summed E-state index contributed by atoms with van der Waals surface area (Å²) in [5, 5.41) is 0. The fourth-order valence-electron chi connectivity index (χ4n) is 2.38. The Bertz CT molecular complexity index is 365. The number of hydrogen-bond donors (Lipinski definition) is 1. The van der Waals surface area contributed by atoms with Crippen molar-refractivity contribution in [2.24, 2.45) is 11.7 Å². The molecule has 17 heavy (non-hydrogen) atoms. The lowest BCUT2D eigenvalue weighted by Gasteiger charge is -2.28. The second-order valence-corrected chi connectivity index (χ2v) is 5.13. The molecule has 3 heteroatoms. The first-order chi connectivity index (χ1) is 8.16. The maximum atomic E-state index is 5.99. The molecule has 0 spiro atoms. The summed E-state index contributed by atoms with van der Waals surface area (Å²) in [6, 6.07) is 3.94. The molecule has 3 atom stereocenters. The van der Waals surface area contributed by atoms with E-state index in [0.717, 1.165) is 17.9 Å². The van der Waals surface area contributed by atoms with Crippen molar-refractivity contribution in [1.29, 1.82) is 0 Å². The molecule has 2 N–H and O–H groups in total. The molecule has 2 rings (SSSR count). The van der Waals surface area contributed by atoms with Gasteiger partial charge < -0.3 is 10.5 Å². The van der Waals surface area contributed by atoms with Crippen LogP contribution in [-0.2, 0) is 0 Å². The summed E-state index contributed by atoms with van der Waals surface area (Å²) in [4.78, 5) is 4.27. The van der Waals surface area contributed by atoms with Gasteiger partial charge in [-0.05, 0) is 43.7 Å². The summed E-state index contributed by atoms with van der Waals surface area (Å²) in [5.74, 6) is 1.35. The van der Waals surface area contributed by atoms with E-state index in [4.69, 9.17) is 10.5 Å². The van der Waals surface area contributed by atoms with Crippen molar-refractivity contribution >= 4 is 0 Å². The molecule has 0 aromatic carbocycles. The first-order valence-electron chi connectivity index (χ1n) is 6.55. The van der Waals surface area contributed by atoms with E-state index < -0.39 is 0 Å². The molecule has 1 aliphatic carbocycles.